The molecule has 0 unspecified atom stereocenters. The molecule has 0 N–H and O–H groups in total. The lowest BCUT2D eigenvalue weighted by molar-refractivity contribution is -0.0222. The first kappa shape index (κ1) is 15.1. The lowest BCUT2D eigenvalue weighted by Gasteiger charge is -2.26. The van der Waals surface area contributed by atoms with E-state index in [4.69, 9.17) is 17.7 Å². The molecule has 15 heavy (non-hydrogen) atoms. The van der Waals surface area contributed by atoms with Crippen LogP contribution in [0.4, 0.5) is 0 Å². The van der Waals surface area contributed by atoms with Crippen LogP contribution in [0.5, 0.6) is 0 Å². The summed E-state index contributed by atoms with van der Waals surface area (Å²) in [6.45, 7) is 8.01. The third-order valence-electron chi connectivity index (χ3n) is 1.70. The van der Waals surface area contributed by atoms with Gasteiger partial charge in [0.05, 0.1) is 0 Å². The van der Waals surface area contributed by atoms with E-state index in [-0.39, 0.29) is 0 Å². The second kappa shape index (κ2) is 9.29. The Balaban J connectivity index is 4.16. The molecule has 0 heterocycles. The molecular weight excluding hydrogens is 212 g/mol. The Morgan fingerprint density at radius 1 is 0.733 bits per heavy atom. The lowest BCUT2D eigenvalue weighted by Crippen LogP contribution is -2.49. The van der Waals surface area contributed by atoms with Crippen LogP contribution < -0.4 is 0 Å². The van der Waals surface area contributed by atoms with E-state index in [1.54, 1.807) is 7.11 Å². The van der Waals surface area contributed by atoms with Gasteiger partial charge in [-0.1, -0.05) is 20.8 Å². The fraction of sp³-hybridized carbons (Fsp3) is 1.00. The molecule has 5 heteroatoms. The van der Waals surface area contributed by atoms with Gasteiger partial charge in [0.1, 0.15) is 0 Å². The van der Waals surface area contributed by atoms with Gasteiger partial charge in [0.2, 0.25) is 0 Å². The third kappa shape index (κ3) is 6.27. The zero-order valence-electron chi connectivity index (χ0n) is 10.4. The average Bonchev–Trinajstić information content (AvgIpc) is 2.29. The van der Waals surface area contributed by atoms with Gasteiger partial charge in [0.25, 0.3) is 0 Å². The van der Waals surface area contributed by atoms with Crippen LogP contribution in [-0.4, -0.2) is 36.0 Å². The molecular formula is C10H24O4Si. The Labute approximate surface area is 94.4 Å². The summed E-state index contributed by atoms with van der Waals surface area (Å²) in [6, 6.07) is 0. The molecule has 0 saturated heterocycles. The first-order chi connectivity index (χ1) is 7.24. The summed E-state index contributed by atoms with van der Waals surface area (Å²) in [7, 11) is -1.24. The number of hydrogen-bond acceptors (Lipinski definition) is 4. The molecule has 0 aromatic heterocycles. The second-order valence-corrected chi connectivity index (χ2v) is 5.52. The molecule has 0 aromatic carbocycles. The van der Waals surface area contributed by atoms with Gasteiger partial charge in [0.15, 0.2) is 0 Å². The Hall–Kier alpha value is 0.0569. The fourth-order valence-electron chi connectivity index (χ4n) is 0.983. The largest absolute Gasteiger partial charge is 0.679 e. The van der Waals surface area contributed by atoms with Gasteiger partial charge < -0.3 is 17.7 Å². The van der Waals surface area contributed by atoms with Gasteiger partial charge in [-0.3, -0.25) is 0 Å². The van der Waals surface area contributed by atoms with Crippen molar-refractivity contribution in [2.24, 2.45) is 0 Å². The molecule has 0 aliphatic heterocycles. The van der Waals surface area contributed by atoms with Crippen molar-refractivity contribution >= 4 is 9.05 Å². The molecule has 0 aliphatic carbocycles. The minimum atomic E-state index is -2.83. The van der Waals surface area contributed by atoms with Crippen LogP contribution in [0, 0.1) is 0 Å². The summed E-state index contributed by atoms with van der Waals surface area (Å²) < 4.78 is 22.1. The summed E-state index contributed by atoms with van der Waals surface area (Å²) in [4.78, 5) is 0. The molecule has 0 aromatic rings. The van der Waals surface area contributed by atoms with Gasteiger partial charge in [-0.15, -0.1) is 0 Å². The van der Waals surface area contributed by atoms with E-state index >= 15 is 0 Å². The highest BCUT2D eigenvalue weighted by Crippen LogP contribution is 2.12. The maximum absolute atomic E-state index is 5.60. The zero-order chi connectivity index (χ0) is 11.6. The van der Waals surface area contributed by atoms with Crippen molar-refractivity contribution in [2.45, 2.75) is 40.0 Å². The van der Waals surface area contributed by atoms with Gasteiger partial charge in [-0.2, -0.15) is 0 Å². The standard InChI is InChI=1S/C10H24O4Si/c1-5-8-12-15(11-4,13-9-6-2)14-10-7-3/h5-10H2,1-4H3. The van der Waals surface area contributed by atoms with Crippen molar-refractivity contribution < 1.29 is 17.7 Å². The van der Waals surface area contributed by atoms with Crippen molar-refractivity contribution in [2.75, 3.05) is 26.9 Å². The molecule has 0 spiro atoms. The highest BCUT2D eigenvalue weighted by molar-refractivity contribution is 6.53. The maximum atomic E-state index is 5.60. The number of hydrogen-bond donors (Lipinski definition) is 0. The second-order valence-electron chi connectivity index (χ2n) is 3.25. The normalized spacial score (nSPS) is 12.0. The quantitative estimate of drug-likeness (QED) is 0.546. The lowest BCUT2D eigenvalue weighted by atomic mass is 10.5. The topological polar surface area (TPSA) is 36.9 Å². The van der Waals surface area contributed by atoms with Gasteiger partial charge in [-0.05, 0) is 19.3 Å². The van der Waals surface area contributed by atoms with Gasteiger partial charge in [-0.25, -0.2) is 0 Å². The molecule has 0 fully saturated rings. The minimum absolute atomic E-state index is 0.619. The molecule has 0 bridgehead atoms. The maximum Gasteiger partial charge on any atom is 0.679 e. The molecule has 0 saturated carbocycles. The zero-order valence-corrected chi connectivity index (χ0v) is 11.4. The SMILES string of the molecule is CCCO[Si](OC)(OCCC)OCCC. The van der Waals surface area contributed by atoms with Crippen molar-refractivity contribution in [3.8, 4) is 0 Å². The van der Waals surface area contributed by atoms with E-state index in [2.05, 4.69) is 20.8 Å². The first-order valence-corrected chi connectivity index (χ1v) is 7.35. The Bertz CT molecular complexity index is 122. The molecule has 0 rings (SSSR count). The van der Waals surface area contributed by atoms with Crippen LogP contribution in [0.1, 0.15) is 40.0 Å². The highest BCUT2D eigenvalue weighted by atomic mass is 28.4. The van der Waals surface area contributed by atoms with E-state index in [1.807, 2.05) is 0 Å². The van der Waals surface area contributed by atoms with E-state index in [9.17, 15) is 0 Å². The summed E-state index contributed by atoms with van der Waals surface area (Å²) in [5.41, 5.74) is 0. The van der Waals surface area contributed by atoms with Crippen molar-refractivity contribution in [1.29, 1.82) is 0 Å². The predicted molar refractivity (Wildman–Crippen MR) is 61.5 cm³/mol. The Morgan fingerprint density at radius 2 is 1.07 bits per heavy atom. The van der Waals surface area contributed by atoms with Gasteiger partial charge in [0, 0.05) is 26.9 Å². The van der Waals surface area contributed by atoms with Crippen LogP contribution in [0.3, 0.4) is 0 Å². The van der Waals surface area contributed by atoms with Crippen molar-refractivity contribution in [1.82, 2.24) is 0 Å². The molecule has 92 valence electrons. The Kier molecular flexibility index (Phi) is 9.33. The molecule has 4 nitrogen and oxygen atoms in total. The average molecular weight is 236 g/mol. The first-order valence-electron chi connectivity index (χ1n) is 5.71. The third-order valence-corrected chi connectivity index (χ3v) is 3.87. The smallest absolute Gasteiger partial charge is 0.355 e. The van der Waals surface area contributed by atoms with Crippen LogP contribution in [0.25, 0.3) is 0 Å². The molecule has 0 atom stereocenters. The summed E-state index contributed by atoms with van der Waals surface area (Å²) >= 11 is 0. The van der Waals surface area contributed by atoms with E-state index < -0.39 is 9.05 Å². The predicted octanol–water partition coefficient (Wildman–Crippen LogP) is 2.35. The van der Waals surface area contributed by atoms with Crippen LogP contribution in [0.2, 0.25) is 0 Å². The van der Waals surface area contributed by atoms with E-state index in [1.165, 1.54) is 0 Å². The number of rotatable bonds is 10. The molecule has 0 amide bonds. The fourth-order valence-corrected chi connectivity index (χ4v) is 2.95. The molecule has 0 radical (unpaired) electrons. The summed E-state index contributed by atoms with van der Waals surface area (Å²) in [5, 5.41) is 0. The van der Waals surface area contributed by atoms with E-state index in [0.717, 1.165) is 19.3 Å². The molecule has 0 aliphatic rings. The van der Waals surface area contributed by atoms with Crippen molar-refractivity contribution in [3.63, 3.8) is 0 Å². The van der Waals surface area contributed by atoms with Crippen LogP contribution >= 0.6 is 0 Å². The summed E-state index contributed by atoms with van der Waals surface area (Å²) in [6.07, 6.45) is 2.80. The Morgan fingerprint density at radius 3 is 1.27 bits per heavy atom. The highest BCUT2D eigenvalue weighted by Gasteiger charge is 2.44. The van der Waals surface area contributed by atoms with Crippen LogP contribution in [-0.2, 0) is 17.7 Å². The van der Waals surface area contributed by atoms with Crippen molar-refractivity contribution in [3.05, 3.63) is 0 Å². The monoisotopic (exact) mass is 236 g/mol. The van der Waals surface area contributed by atoms with E-state index in [0.29, 0.717) is 19.8 Å². The van der Waals surface area contributed by atoms with Crippen LogP contribution in [0.15, 0.2) is 0 Å². The van der Waals surface area contributed by atoms with Gasteiger partial charge >= 0.3 is 9.05 Å². The minimum Gasteiger partial charge on any atom is -0.355 e. The summed E-state index contributed by atoms with van der Waals surface area (Å²) in [5.74, 6) is 0.